The van der Waals surface area contributed by atoms with Crippen LogP contribution in [-0.4, -0.2) is 18.6 Å². The number of allylic oxidation sites excluding steroid dienone is 2. The molecule has 0 spiro atoms. The first kappa shape index (κ1) is 6.62. The third-order valence-electron chi connectivity index (χ3n) is 1.70. The Balaban J connectivity index is 2.51. The summed E-state index contributed by atoms with van der Waals surface area (Å²) in [6.07, 6.45) is 4.73. The minimum absolute atomic E-state index is 1.10. The van der Waals surface area contributed by atoms with Crippen molar-refractivity contribution in [3.05, 3.63) is 11.8 Å². The number of hydrogen-bond acceptors (Lipinski definition) is 2. The maximum atomic E-state index is 3.26. The van der Waals surface area contributed by atoms with Gasteiger partial charge in [0.1, 0.15) is 0 Å². The van der Waals surface area contributed by atoms with Gasteiger partial charge < -0.3 is 5.01 Å². The van der Waals surface area contributed by atoms with E-state index >= 15 is 0 Å². The van der Waals surface area contributed by atoms with Crippen LogP contribution in [0, 0.1) is 0 Å². The van der Waals surface area contributed by atoms with Gasteiger partial charge in [-0.15, -0.1) is 0 Å². The molecule has 0 saturated heterocycles. The molecule has 0 aromatic rings. The Labute approximate surface area is 56.5 Å². The molecule has 1 N–H and O–H groups in total. The molecular weight excluding hydrogens is 112 g/mol. The highest BCUT2D eigenvalue weighted by Gasteiger charge is 2.00. The Hall–Kier alpha value is -0.500. The van der Waals surface area contributed by atoms with Crippen LogP contribution in [-0.2, 0) is 0 Å². The van der Waals surface area contributed by atoms with E-state index in [9.17, 15) is 0 Å². The molecule has 1 aliphatic rings. The quantitative estimate of drug-likeness (QED) is 0.523. The van der Waals surface area contributed by atoms with E-state index in [1.807, 2.05) is 0 Å². The Morgan fingerprint density at radius 2 is 2.44 bits per heavy atom. The largest absolute Gasteiger partial charge is 0.316 e. The monoisotopic (exact) mass is 126 g/mol. The number of hydrogen-bond donors (Lipinski definition) is 1. The van der Waals surface area contributed by atoms with Gasteiger partial charge in [-0.1, -0.05) is 6.08 Å². The second-order valence-corrected chi connectivity index (χ2v) is 2.45. The topological polar surface area (TPSA) is 15.3 Å². The maximum Gasteiger partial charge on any atom is 0.0228 e. The summed E-state index contributed by atoms with van der Waals surface area (Å²) in [4.78, 5) is 0. The lowest BCUT2D eigenvalue weighted by Gasteiger charge is -2.17. The molecule has 0 fully saturated rings. The van der Waals surface area contributed by atoms with Crippen LogP contribution >= 0.6 is 0 Å². The van der Waals surface area contributed by atoms with Crippen LogP contribution in [0.3, 0.4) is 0 Å². The second-order valence-electron chi connectivity index (χ2n) is 2.45. The molecule has 0 amide bonds. The van der Waals surface area contributed by atoms with Crippen molar-refractivity contribution in [2.75, 3.05) is 13.6 Å². The highest BCUT2D eigenvalue weighted by molar-refractivity contribution is 4.96. The maximum absolute atomic E-state index is 3.26. The van der Waals surface area contributed by atoms with Crippen molar-refractivity contribution in [2.45, 2.75) is 19.8 Å². The minimum Gasteiger partial charge on any atom is -0.316 e. The van der Waals surface area contributed by atoms with Crippen molar-refractivity contribution >= 4 is 0 Å². The van der Waals surface area contributed by atoms with Crippen LogP contribution in [0.5, 0.6) is 0 Å². The van der Waals surface area contributed by atoms with Crippen molar-refractivity contribution in [2.24, 2.45) is 0 Å². The van der Waals surface area contributed by atoms with Crippen molar-refractivity contribution in [1.82, 2.24) is 10.4 Å². The van der Waals surface area contributed by atoms with E-state index in [0.29, 0.717) is 0 Å². The first-order valence-corrected chi connectivity index (χ1v) is 3.44. The number of rotatable bonds is 0. The summed E-state index contributed by atoms with van der Waals surface area (Å²) in [5.41, 5.74) is 4.59. The standard InChI is InChI=1S/C7H14N2/c1-7-5-3-4-6-8-9(7)2/h5,8H,3-4,6H2,1-2H3. The van der Waals surface area contributed by atoms with Gasteiger partial charge in [0.05, 0.1) is 0 Å². The summed E-state index contributed by atoms with van der Waals surface area (Å²) < 4.78 is 0. The van der Waals surface area contributed by atoms with Crippen LogP contribution in [0.25, 0.3) is 0 Å². The summed E-state index contributed by atoms with van der Waals surface area (Å²) in [5, 5.41) is 2.08. The number of nitrogens with zero attached hydrogens (tertiary/aromatic N) is 1. The van der Waals surface area contributed by atoms with Gasteiger partial charge in [-0.3, -0.25) is 0 Å². The molecule has 0 saturated carbocycles. The molecule has 0 bridgehead atoms. The van der Waals surface area contributed by atoms with E-state index in [-0.39, 0.29) is 0 Å². The van der Waals surface area contributed by atoms with Gasteiger partial charge in [0.15, 0.2) is 0 Å². The average Bonchev–Trinajstić information content (AvgIpc) is 1.99. The molecule has 0 aromatic carbocycles. The van der Waals surface area contributed by atoms with E-state index in [4.69, 9.17) is 0 Å². The fourth-order valence-electron chi connectivity index (χ4n) is 0.921. The Morgan fingerprint density at radius 3 is 3.22 bits per heavy atom. The van der Waals surface area contributed by atoms with Crippen molar-refractivity contribution in [1.29, 1.82) is 0 Å². The summed E-state index contributed by atoms with van der Waals surface area (Å²) in [6.45, 7) is 3.22. The first-order chi connectivity index (χ1) is 4.30. The van der Waals surface area contributed by atoms with Gasteiger partial charge in [0.2, 0.25) is 0 Å². The van der Waals surface area contributed by atoms with Crippen molar-refractivity contribution in [3.63, 3.8) is 0 Å². The van der Waals surface area contributed by atoms with Crippen LogP contribution < -0.4 is 5.43 Å². The summed E-state index contributed by atoms with van der Waals surface area (Å²) in [6, 6.07) is 0. The van der Waals surface area contributed by atoms with Gasteiger partial charge in [-0.2, -0.15) is 0 Å². The van der Waals surface area contributed by atoms with Crippen LogP contribution in [0.2, 0.25) is 0 Å². The van der Waals surface area contributed by atoms with Crippen molar-refractivity contribution in [3.8, 4) is 0 Å². The van der Waals surface area contributed by atoms with Gasteiger partial charge in [0.25, 0.3) is 0 Å². The van der Waals surface area contributed by atoms with E-state index < -0.39 is 0 Å². The predicted octanol–water partition coefficient (Wildman–Crippen LogP) is 1.12. The third kappa shape index (κ3) is 1.72. The van der Waals surface area contributed by atoms with Crippen LogP contribution in [0.4, 0.5) is 0 Å². The Bertz CT molecular complexity index is 118. The molecule has 0 atom stereocenters. The lowest BCUT2D eigenvalue weighted by molar-refractivity contribution is 0.307. The summed E-state index contributed by atoms with van der Waals surface area (Å²) in [5.74, 6) is 0. The molecule has 2 nitrogen and oxygen atoms in total. The third-order valence-corrected chi connectivity index (χ3v) is 1.70. The smallest absolute Gasteiger partial charge is 0.0228 e. The van der Waals surface area contributed by atoms with Crippen LogP contribution in [0.1, 0.15) is 19.8 Å². The molecule has 1 aliphatic heterocycles. The lowest BCUT2D eigenvalue weighted by atomic mass is 10.3. The Kier molecular flexibility index (Phi) is 2.11. The number of nitrogens with one attached hydrogen (secondary N) is 1. The number of hydrazine groups is 1. The van der Waals surface area contributed by atoms with E-state index in [0.717, 1.165) is 6.54 Å². The molecule has 0 aliphatic carbocycles. The highest BCUT2D eigenvalue weighted by Crippen LogP contribution is 2.04. The molecule has 0 aromatic heterocycles. The summed E-state index contributed by atoms with van der Waals surface area (Å²) >= 11 is 0. The Morgan fingerprint density at radius 1 is 1.67 bits per heavy atom. The highest BCUT2D eigenvalue weighted by atomic mass is 15.5. The zero-order chi connectivity index (χ0) is 6.69. The SMILES string of the molecule is CC1=CCCCNN1C. The summed E-state index contributed by atoms with van der Waals surface area (Å²) in [7, 11) is 2.05. The fraction of sp³-hybridized carbons (Fsp3) is 0.714. The second kappa shape index (κ2) is 2.87. The van der Waals surface area contributed by atoms with Gasteiger partial charge >= 0.3 is 0 Å². The molecule has 1 rings (SSSR count). The zero-order valence-corrected chi connectivity index (χ0v) is 6.15. The van der Waals surface area contributed by atoms with Crippen LogP contribution in [0.15, 0.2) is 11.8 Å². The molecule has 2 heteroatoms. The van der Waals surface area contributed by atoms with E-state index in [1.54, 1.807) is 0 Å². The predicted molar refractivity (Wildman–Crippen MR) is 38.8 cm³/mol. The molecule has 52 valence electrons. The minimum atomic E-state index is 1.10. The van der Waals surface area contributed by atoms with Gasteiger partial charge in [-0.25, -0.2) is 5.43 Å². The van der Waals surface area contributed by atoms with Gasteiger partial charge in [0, 0.05) is 19.3 Å². The first-order valence-electron chi connectivity index (χ1n) is 3.44. The molecule has 9 heavy (non-hydrogen) atoms. The normalized spacial score (nSPS) is 21.1. The van der Waals surface area contributed by atoms with E-state index in [1.165, 1.54) is 18.5 Å². The molecule has 0 unspecified atom stereocenters. The lowest BCUT2D eigenvalue weighted by Crippen LogP contribution is -2.31. The van der Waals surface area contributed by atoms with Gasteiger partial charge in [-0.05, 0) is 19.8 Å². The van der Waals surface area contributed by atoms with E-state index in [2.05, 4.69) is 30.5 Å². The fourth-order valence-corrected chi connectivity index (χ4v) is 0.921. The van der Waals surface area contributed by atoms with Crippen molar-refractivity contribution < 1.29 is 0 Å². The average molecular weight is 126 g/mol. The molecule has 0 radical (unpaired) electrons. The molecular formula is C7H14N2. The zero-order valence-electron chi connectivity index (χ0n) is 6.15. The molecule has 1 heterocycles.